The highest BCUT2D eigenvalue weighted by molar-refractivity contribution is 5.32. The van der Waals surface area contributed by atoms with Gasteiger partial charge in [-0.05, 0) is 24.7 Å². The second-order valence-electron chi connectivity index (χ2n) is 3.92. The van der Waals surface area contributed by atoms with Crippen LogP contribution in [0.1, 0.15) is 17.3 Å². The van der Waals surface area contributed by atoms with E-state index in [0.717, 1.165) is 11.4 Å². The average Bonchev–Trinajstić information content (AvgIpc) is 2.78. The molecule has 1 aromatic heterocycles. The van der Waals surface area contributed by atoms with Crippen molar-refractivity contribution in [3.8, 4) is 5.75 Å². The van der Waals surface area contributed by atoms with Gasteiger partial charge in [-0.3, -0.25) is 0 Å². The van der Waals surface area contributed by atoms with Crippen molar-refractivity contribution in [1.82, 2.24) is 14.9 Å². The zero-order valence-electron chi connectivity index (χ0n) is 10.3. The van der Waals surface area contributed by atoms with Crippen molar-refractivity contribution in [2.45, 2.75) is 6.04 Å². The van der Waals surface area contributed by atoms with E-state index >= 15 is 0 Å². The fourth-order valence-corrected chi connectivity index (χ4v) is 1.93. The number of methoxy groups -OCH3 is 1. The largest absolute Gasteiger partial charge is 0.497 e. The molecule has 0 bridgehead atoms. The topological polar surface area (TPSA) is 39.1 Å². The maximum absolute atomic E-state index is 5.16. The van der Waals surface area contributed by atoms with Gasteiger partial charge >= 0.3 is 0 Å². The van der Waals surface area contributed by atoms with Gasteiger partial charge in [-0.25, -0.2) is 4.98 Å². The zero-order valence-corrected chi connectivity index (χ0v) is 10.3. The Kier molecular flexibility index (Phi) is 3.44. The van der Waals surface area contributed by atoms with Crippen molar-refractivity contribution in [2.24, 2.45) is 7.05 Å². The van der Waals surface area contributed by atoms with Crippen LogP contribution in [0.5, 0.6) is 5.75 Å². The Hall–Kier alpha value is -1.81. The minimum absolute atomic E-state index is 0.147. The Bertz CT molecular complexity index is 476. The molecule has 0 radical (unpaired) electrons. The molecule has 0 saturated heterocycles. The maximum atomic E-state index is 5.16. The van der Waals surface area contributed by atoms with E-state index in [2.05, 4.69) is 22.4 Å². The quantitative estimate of drug-likeness (QED) is 0.871. The third-order valence-corrected chi connectivity index (χ3v) is 2.89. The number of imidazole rings is 1. The number of aromatic nitrogens is 2. The van der Waals surface area contributed by atoms with Gasteiger partial charge in [-0.1, -0.05) is 12.1 Å². The normalized spacial score (nSPS) is 12.4. The van der Waals surface area contributed by atoms with Crippen molar-refractivity contribution in [3.05, 3.63) is 48.0 Å². The number of aryl methyl sites for hydroxylation is 1. The minimum Gasteiger partial charge on any atom is -0.497 e. The highest BCUT2D eigenvalue weighted by Crippen LogP contribution is 2.23. The van der Waals surface area contributed by atoms with E-state index in [0.29, 0.717) is 0 Å². The number of benzene rings is 1. The predicted molar refractivity (Wildman–Crippen MR) is 67.1 cm³/mol. The van der Waals surface area contributed by atoms with E-state index in [9.17, 15) is 0 Å². The lowest BCUT2D eigenvalue weighted by atomic mass is 10.0. The molecule has 0 saturated carbocycles. The second kappa shape index (κ2) is 5.01. The Balaban J connectivity index is 2.32. The molecule has 1 aromatic carbocycles. The number of rotatable bonds is 4. The Morgan fingerprint density at radius 1 is 1.29 bits per heavy atom. The van der Waals surface area contributed by atoms with Gasteiger partial charge in [0.1, 0.15) is 5.75 Å². The molecule has 4 nitrogen and oxygen atoms in total. The Labute approximate surface area is 101 Å². The second-order valence-corrected chi connectivity index (χ2v) is 3.92. The fraction of sp³-hybridized carbons (Fsp3) is 0.308. The van der Waals surface area contributed by atoms with Gasteiger partial charge in [0.05, 0.1) is 31.4 Å². The van der Waals surface area contributed by atoms with Crippen LogP contribution in [0.15, 0.2) is 36.8 Å². The molecule has 0 fully saturated rings. The standard InChI is InChI=1S/C13H17N3O/c1-14-13(12-8-15-9-16(12)2)10-4-6-11(17-3)7-5-10/h4-9,13-14H,1-3H3. The first-order valence-corrected chi connectivity index (χ1v) is 5.53. The van der Waals surface area contributed by atoms with E-state index in [1.54, 1.807) is 7.11 Å². The lowest BCUT2D eigenvalue weighted by Gasteiger charge is -2.17. The van der Waals surface area contributed by atoms with Crippen LogP contribution in [0.4, 0.5) is 0 Å². The van der Waals surface area contributed by atoms with Crippen molar-refractivity contribution in [3.63, 3.8) is 0 Å². The van der Waals surface area contributed by atoms with Gasteiger partial charge in [0.15, 0.2) is 0 Å². The van der Waals surface area contributed by atoms with Crippen molar-refractivity contribution in [2.75, 3.05) is 14.2 Å². The van der Waals surface area contributed by atoms with Gasteiger partial charge in [0, 0.05) is 7.05 Å². The van der Waals surface area contributed by atoms with Gasteiger partial charge in [-0.2, -0.15) is 0 Å². The van der Waals surface area contributed by atoms with Crippen LogP contribution in [0.3, 0.4) is 0 Å². The molecule has 2 rings (SSSR count). The van der Waals surface area contributed by atoms with E-state index in [1.807, 2.05) is 43.3 Å². The highest BCUT2D eigenvalue weighted by atomic mass is 16.5. The molecule has 0 aliphatic carbocycles. The van der Waals surface area contributed by atoms with E-state index in [-0.39, 0.29) is 6.04 Å². The number of nitrogens with one attached hydrogen (secondary N) is 1. The molecule has 17 heavy (non-hydrogen) atoms. The summed E-state index contributed by atoms with van der Waals surface area (Å²) < 4.78 is 7.18. The number of hydrogen-bond donors (Lipinski definition) is 1. The summed E-state index contributed by atoms with van der Waals surface area (Å²) in [6, 6.07) is 8.21. The summed E-state index contributed by atoms with van der Waals surface area (Å²) in [6.45, 7) is 0. The van der Waals surface area contributed by atoms with Crippen LogP contribution in [0.25, 0.3) is 0 Å². The summed E-state index contributed by atoms with van der Waals surface area (Å²) in [5, 5.41) is 3.30. The van der Waals surface area contributed by atoms with Gasteiger partial charge < -0.3 is 14.6 Å². The van der Waals surface area contributed by atoms with E-state index in [4.69, 9.17) is 4.74 Å². The smallest absolute Gasteiger partial charge is 0.118 e. The molecule has 0 aliphatic heterocycles. The molecule has 0 amide bonds. The summed E-state index contributed by atoms with van der Waals surface area (Å²) in [4.78, 5) is 4.15. The molecule has 0 spiro atoms. The Morgan fingerprint density at radius 3 is 2.47 bits per heavy atom. The molecule has 0 aliphatic rings. The van der Waals surface area contributed by atoms with Gasteiger partial charge in [0.2, 0.25) is 0 Å². The molecule has 2 aromatic rings. The summed E-state index contributed by atoms with van der Waals surface area (Å²) in [6.07, 6.45) is 3.69. The molecule has 1 heterocycles. The first kappa shape index (κ1) is 11.7. The average molecular weight is 231 g/mol. The first-order valence-electron chi connectivity index (χ1n) is 5.53. The van der Waals surface area contributed by atoms with Crippen LogP contribution >= 0.6 is 0 Å². The van der Waals surface area contributed by atoms with E-state index < -0.39 is 0 Å². The summed E-state index contributed by atoms with van der Waals surface area (Å²) >= 11 is 0. The van der Waals surface area contributed by atoms with E-state index in [1.165, 1.54) is 5.56 Å². The lowest BCUT2D eigenvalue weighted by molar-refractivity contribution is 0.414. The fourth-order valence-electron chi connectivity index (χ4n) is 1.93. The summed E-state index contributed by atoms with van der Waals surface area (Å²) in [7, 11) is 5.61. The lowest BCUT2D eigenvalue weighted by Crippen LogP contribution is -2.20. The van der Waals surface area contributed by atoms with Crippen molar-refractivity contribution < 1.29 is 4.74 Å². The minimum atomic E-state index is 0.147. The molecule has 1 N–H and O–H groups in total. The number of hydrogen-bond acceptors (Lipinski definition) is 3. The molecular formula is C13H17N3O. The molecule has 1 atom stereocenters. The van der Waals surface area contributed by atoms with Crippen LogP contribution < -0.4 is 10.1 Å². The van der Waals surface area contributed by atoms with Crippen LogP contribution in [-0.4, -0.2) is 23.7 Å². The third kappa shape index (κ3) is 2.31. The van der Waals surface area contributed by atoms with Gasteiger partial charge in [0.25, 0.3) is 0 Å². The van der Waals surface area contributed by atoms with Gasteiger partial charge in [-0.15, -0.1) is 0 Å². The van der Waals surface area contributed by atoms with Crippen LogP contribution in [0.2, 0.25) is 0 Å². The molecule has 1 unspecified atom stereocenters. The van der Waals surface area contributed by atoms with Crippen LogP contribution in [0, 0.1) is 0 Å². The number of ether oxygens (including phenoxy) is 1. The molecule has 90 valence electrons. The van der Waals surface area contributed by atoms with Crippen LogP contribution in [-0.2, 0) is 7.05 Å². The zero-order chi connectivity index (χ0) is 12.3. The molecular weight excluding hydrogens is 214 g/mol. The summed E-state index contributed by atoms with van der Waals surface area (Å²) in [5.74, 6) is 0.869. The predicted octanol–water partition coefficient (Wildman–Crippen LogP) is 1.74. The van der Waals surface area contributed by atoms with Crippen molar-refractivity contribution >= 4 is 0 Å². The van der Waals surface area contributed by atoms with Crippen molar-refractivity contribution in [1.29, 1.82) is 0 Å². The monoisotopic (exact) mass is 231 g/mol. The SMILES string of the molecule is CNC(c1ccc(OC)cc1)c1cncn1C. The highest BCUT2D eigenvalue weighted by Gasteiger charge is 2.14. The third-order valence-electron chi connectivity index (χ3n) is 2.89. The number of nitrogens with zero attached hydrogens (tertiary/aromatic N) is 2. The first-order chi connectivity index (χ1) is 8.26. The molecule has 4 heteroatoms. The summed E-state index contributed by atoms with van der Waals surface area (Å²) in [5.41, 5.74) is 2.33. The maximum Gasteiger partial charge on any atom is 0.118 e. The Morgan fingerprint density at radius 2 is 2.00 bits per heavy atom.